The fraction of sp³-hybridized carbons (Fsp3) is 0.276. The van der Waals surface area contributed by atoms with Gasteiger partial charge < -0.3 is 10.2 Å². The largest absolute Gasteiger partial charge is 0.350 e. The van der Waals surface area contributed by atoms with Crippen LogP contribution in [0.2, 0.25) is 0 Å². The Morgan fingerprint density at radius 2 is 1.78 bits per heavy atom. The first-order valence-corrected chi connectivity index (χ1v) is 12.3. The molecule has 182 valence electrons. The number of nitrogens with zero attached hydrogens (tertiary/aromatic N) is 3. The number of aromatic nitrogens is 2. The number of benzene rings is 3. The number of amides is 2. The highest BCUT2D eigenvalue weighted by Crippen LogP contribution is 2.42. The summed E-state index contributed by atoms with van der Waals surface area (Å²) in [6, 6.07) is 19.5. The van der Waals surface area contributed by atoms with Gasteiger partial charge in [-0.3, -0.25) is 9.59 Å². The first-order chi connectivity index (χ1) is 17.4. The molecule has 3 atom stereocenters. The maximum atomic E-state index is 13.7. The normalized spacial score (nSPS) is 21.8. The van der Waals surface area contributed by atoms with Gasteiger partial charge in [0.25, 0.3) is 0 Å². The lowest BCUT2D eigenvalue weighted by Gasteiger charge is -2.30. The average Bonchev–Trinajstić information content (AvgIpc) is 3.60. The van der Waals surface area contributed by atoms with E-state index in [-0.39, 0.29) is 41.6 Å². The van der Waals surface area contributed by atoms with Crippen LogP contribution in [0, 0.1) is 24.6 Å². The highest BCUT2D eigenvalue weighted by molar-refractivity contribution is 6.01. The molecule has 1 aromatic heterocycles. The van der Waals surface area contributed by atoms with Crippen molar-refractivity contribution in [3.8, 4) is 5.69 Å². The number of hydrogen-bond acceptors (Lipinski definition) is 3. The van der Waals surface area contributed by atoms with Crippen LogP contribution in [-0.4, -0.2) is 27.6 Å². The maximum Gasteiger partial charge on any atom is 0.232 e. The summed E-state index contributed by atoms with van der Waals surface area (Å²) in [5.74, 6) is -0.586. The fourth-order valence-electron chi connectivity index (χ4n) is 5.23. The van der Waals surface area contributed by atoms with Crippen LogP contribution in [0.4, 0.5) is 10.1 Å². The molecule has 0 spiro atoms. The maximum absolute atomic E-state index is 13.7. The minimum absolute atomic E-state index is 0.0205. The number of carbonyl (C=O) groups excluding carboxylic acids is 2. The van der Waals surface area contributed by atoms with Crippen molar-refractivity contribution in [1.29, 1.82) is 0 Å². The van der Waals surface area contributed by atoms with Crippen molar-refractivity contribution in [2.24, 2.45) is 11.8 Å². The number of aryl methyl sites for hydroxylation is 1. The number of hydrogen-bond donors (Lipinski definition) is 1. The number of fused-ring (bicyclic) bond motifs is 1. The van der Waals surface area contributed by atoms with Gasteiger partial charge in [0.05, 0.1) is 35.4 Å². The van der Waals surface area contributed by atoms with Gasteiger partial charge >= 0.3 is 0 Å². The number of halogens is 1. The molecule has 1 aliphatic heterocycles. The Morgan fingerprint density at radius 3 is 2.50 bits per heavy atom. The van der Waals surface area contributed by atoms with Crippen LogP contribution in [0.5, 0.6) is 0 Å². The van der Waals surface area contributed by atoms with Crippen LogP contribution in [0.15, 0.2) is 72.9 Å². The summed E-state index contributed by atoms with van der Waals surface area (Å²) in [7, 11) is 0. The molecular formula is C29H27FN4O2. The van der Waals surface area contributed by atoms with E-state index in [2.05, 4.69) is 16.5 Å². The second-order valence-electron chi connectivity index (χ2n) is 9.94. The van der Waals surface area contributed by atoms with Crippen LogP contribution in [0.1, 0.15) is 36.9 Å². The highest BCUT2D eigenvalue weighted by Gasteiger charge is 2.48. The van der Waals surface area contributed by atoms with Gasteiger partial charge in [0.15, 0.2) is 0 Å². The van der Waals surface area contributed by atoms with Crippen LogP contribution >= 0.6 is 0 Å². The van der Waals surface area contributed by atoms with Gasteiger partial charge in [-0.15, -0.1) is 0 Å². The predicted octanol–water partition coefficient (Wildman–Crippen LogP) is 5.09. The molecule has 3 aromatic carbocycles. The van der Waals surface area contributed by atoms with E-state index < -0.39 is 0 Å². The number of anilines is 1. The van der Waals surface area contributed by atoms with E-state index in [9.17, 15) is 14.0 Å². The lowest BCUT2D eigenvalue weighted by molar-refractivity contribution is -0.123. The van der Waals surface area contributed by atoms with Crippen LogP contribution < -0.4 is 10.2 Å². The third-order valence-electron chi connectivity index (χ3n) is 7.33. The van der Waals surface area contributed by atoms with Gasteiger partial charge in [0, 0.05) is 17.0 Å². The second kappa shape index (κ2) is 8.59. The van der Waals surface area contributed by atoms with Crippen molar-refractivity contribution in [3.05, 3.63) is 89.9 Å². The molecule has 1 aliphatic carbocycles. The summed E-state index contributed by atoms with van der Waals surface area (Å²) in [5.41, 5.74) is 4.47. The zero-order chi connectivity index (χ0) is 25.0. The summed E-state index contributed by atoms with van der Waals surface area (Å²) >= 11 is 0. The molecule has 6 nitrogen and oxygen atoms in total. The Balaban J connectivity index is 1.41. The van der Waals surface area contributed by atoms with E-state index in [1.807, 2.05) is 55.1 Å². The van der Waals surface area contributed by atoms with E-state index >= 15 is 0 Å². The Morgan fingerprint density at radius 1 is 1.03 bits per heavy atom. The zero-order valence-corrected chi connectivity index (χ0v) is 20.2. The molecule has 2 aliphatic rings. The lowest BCUT2D eigenvalue weighted by Crippen LogP contribution is -2.42. The molecular weight excluding hydrogens is 455 g/mol. The van der Waals surface area contributed by atoms with Crippen molar-refractivity contribution < 1.29 is 14.0 Å². The standard InChI is InChI=1S/C29H27FN4O2/c1-17-4-3-5-20(14-17)27-26(32-28(35)19-6-7-19)18(2)29(36)33(27)24-12-13-25-21(15-24)16-31-34(25)23-10-8-22(30)9-11-23/h3-5,8-16,18-19,26-27H,6-7H2,1-2H3,(H,32,35)/t18-,26-,27+/m0/s1. The van der Waals surface area contributed by atoms with E-state index in [1.165, 1.54) is 12.1 Å². The number of rotatable bonds is 5. The Kier molecular flexibility index (Phi) is 5.36. The monoisotopic (exact) mass is 482 g/mol. The molecule has 0 radical (unpaired) electrons. The van der Waals surface area contributed by atoms with Gasteiger partial charge in [-0.2, -0.15) is 5.10 Å². The van der Waals surface area contributed by atoms with Crippen molar-refractivity contribution in [3.63, 3.8) is 0 Å². The summed E-state index contributed by atoms with van der Waals surface area (Å²) in [6.07, 6.45) is 3.57. The first kappa shape index (κ1) is 22.5. The summed E-state index contributed by atoms with van der Waals surface area (Å²) < 4.78 is 15.2. The van der Waals surface area contributed by atoms with Crippen LogP contribution in [0.3, 0.4) is 0 Å². The topological polar surface area (TPSA) is 67.2 Å². The Hall–Kier alpha value is -4.00. The molecule has 2 heterocycles. The molecule has 6 rings (SSSR count). The smallest absolute Gasteiger partial charge is 0.232 e. The summed E-state index contributed by atoms with van der Waals surface area (Å²) in [4.78, 5) is 28.2. The van der Waals surface area contributed by atoms with Gasteiger partial charge in [-0.05, 0) is 67.8 Å². The molecule has 36 heavy (non-hydrogen) atoms. The SMILES string of the molecule is Cc1cccc([C@@H]2[C@@H](NC(=O)C3CC3)[C@H](C)C(=O)N2c2ccc3c(cnn3-c3ccc(F)cc3)c2)c1. The minimum atomic E-state index is -0.365. The molecule has 1 N–H and O–H groups in total. The second-order valence-corrected chi connectivity index (χ2v) is 9.94. The molecule has 1 saturated carbocycles. The van der Waals surface area contributed by atoms with E-state index in [0.29, 0.717) is 0 Å². The minimum Gasteiger partial charge on any atom is -0.350 e. The third kappa shape index (κ3) is 3.85. The molecule has 2 fully saturated rings. The molecule has 0 bridgehead atoms. The van der Waals surface area contributed by atoms with Crippen molar-refractivity contribution in [1.82, 2.24) is 15.1 Å². The van der Waals surface area contributed by atoms with Crippen molar-refractivity contribution in [2.45, 2.75) is 38.8 Å². The number of nitrogens with one attached hydrogen (secondary N) is 1. The lowest BCUT2D eigenvalue weighted by atomic mass is 9.93. The summed E-state index contributed by atoms with van der Waals surface area (Å²) in [5, 5.41) is 8.57. The van der Waals surface area contributed by atoms with Crippen molar-refractivity contribution >= 4 is 28.4 Å². The van der Waals surface area contributed by atoms with Gasteiger partial charge in [-0.1, -0.05) is 36.8 Å². The Labute approximate surface area is 208 Å². The van der Waals surface area contributed by atoms with Crippen LogP contribution in [-0.2, 0) is 9.59 Å². The van der Waals surface area contributed by atoms with Crippen LogP contribution in [0.25, 0.3) is 16.6 Å². The third-order valence-corrected chi connectivity index (χ3v) is 7.33. The van der Waals surface area contributed by atoms with E-state index in [4.69, 9.17) is 0 Å². The first-order valence-electron chi connectivity index (χ1n) is 12.3. The predicted molar refractivity (Wildman–Crippen MR) is 136 cm³/mol. The molecule has 4 aromatic rings. The van der Waals surface area contributed by atoms with Gasteiger partial charge in [-0.25, -0.2) is 9.07 Å². The molecule has 7 heteroatoms. The highest BCUT2D eigenvalue weighted by atomic mass is 19.1. The zero-order valence-electron chi connectivity index (χ0n) is 20.2. The molecule has 2 amide bonds. The van der Waals surface area contributed by atoms with Crippen molar-refractivity contribution in [2.75, 3.05) is 4.90 Å². The Bertz CT molecular complexity index is 1470. The summed E-state index contributed by atoms with van der Waals surface area (Å²) in [6.45, 7) is 3.93. The quantitative estimate of drug-likeness (QED) is 0.431. The number of carbonyl (C=O) groups is 2. The molecule has 0 unspecified atom stereocenters. The van der Waals surface area contributed by atoms with Gasteiger partial charge in [0.2, 0.25) is 11.8 Å². The average molecular weight is 483 g/mol. The fourth-order valence-corrected chi connectivity index (χ4v) is 5.23. The van der Waals surface area contributed by atoms with Gasteiger partial charge in [0.1, 0.15) is 5.82 Å². The van der Waals surface area contributed by atoms with E-state index in [0.717, 1.165) is 46.2 Å². The van der Waals surface area contributed by atoms with E-state index in [1.54, 1.807) is 23.0 Å². The molecule has 1 saturated heterocycles.